The van der Waals surface area contributed by atoms with Crippen molar-refractivity contribution in [3.63, 3.8) is 0 Å². The summed E-state index contributed by atoms with van der Waals surface area (Å²) in [6, 6.07) is 3.48. The number of likely N-dealkylation sites (tertiary alicyclic amines) is 1. The molecule has 1 aliphatic rings. The highest BCUT2D eigenvalue weighted by Crippen LogP contribution is 2.24. The highest BCUT2D eigenvalue weighted by atomic mass is 16.5. The number of methoxy groups -OCH3 is 1. The molecule has 1 saturated heterocycles. The molecule has 5 nitrogen and oxygen atoms in total. The van der Waals surface area contributed by atoms with Gasteiger partial charge in [0.1, 0.15) is 11.4 Å². The number of pyridine rings is 1. The van der Waals surface area contributed by atoms with Gasteiger partial charge in [-0.1, -0.05) is 0 Å². The van der Waals surface area contributed by atoms with E-state index >= 15 is 0 Å². The number of carbonyl (C=O) groups excluding carboxylic acids is 1. The first-order valence-electron chi connectivity index (χ1n) is 6.61. The van der Waals surface area contributed by atoms with E-state index in [-0.39, 0.29) is 11.9 Å². The number of aliphatic hydroxyl groups excluding tert-OH is 1. The van der Waals surface area contributed by atoms with E-state index in [1.165, 1.54) is 0 Å². The second kappa shape index (κ2) is 6.02. The maximum absolute atomic E-state index is 12.4. The van der Waals surface area contributed by atoms with Crippen LogP contribution in [0.5, 0.6) is 5.75 Å². The van der Waals surface area contributed by atoms with Crippen molar-refractivity contribution in [1.29, 1.82) is 0 Å². The number of rotatable bonds is 4. The Kier molecular flexibility index (Phi) is 4.37. The van der Waals surface area contributed by atoms with E-state index in [1.807, 2.05) is 4.90 Å². The van der Waals surface area contributed by atoms with Crippen LogP contribution in [0, 0.1) is 0 Å². The minimum Gasteiger partial charge on any atom is -0.497 e. The number of carbonyl (C=O) groups is 1. The average molecular weight is 264 g/mol. The van der Waals surface area contributed by atoms with Crippen molar-refractivity contribution in [3.8, 4) is 5.75 Å². The maximum Gasteiger partial charge on any atom is 0.272 e. The van der Waals surface area contributed by atoms with Gasteiger partial charge in [-0.2, -0.15) is 0 Å². The Labute approximate surface area is 113 Å². The lowest BCUT2D eigenvalue weighted by Gasteiger charge is -2.25. The van der Waals surface area contributed by atoms with Crippen LogP contribution in [0.3, 0.4) is 0 Å². The Morgan fingerprint density at radius 1 is 1.68 bits per heavy atom. The minimum atomic E-state index is -0.392. The fraction of sp³-hybridized carbons (Fsp3) is 0.571. The first kappa shape index (κ1) is 13.8. The number of amides is 1. The summed E-state index contributed by atoms with van der Waals surface area (Å²) < 4.78 is 5.11. The average Bonchev–Trinajstić information content (AvgIpc) is 2.85. The van der Waals surface area contributed by atoms with Crippen molar-refractivity contribution in [2.24, 2.45) is 0 Å². The van der Waals surface area contributed by atoms with Gasteiger partial charge in [0.15, 0.2) is 0 Å². The smallest absolute Gasteiger partial charge is 0.272 e. The van der Waals surface area contributed by atoms with Gasteiger partial charge in [0.05, 0.1) is 13.2 Å². The monoisotopic (exact) mass is 264 g/mol. The van der Waals surface area contributed by atoms with Gasteiger partial charge in [0.2, 0.25) is 0 Å². The van der Waals surface area contributed by atoms with Crippen molar-refractivity contribution < 1.29 is 14.6 Å². The van der Waals surface area contributed by atoms with E-state index in [0.717, 1.165) is 19.4 Å². The third-order valence-corrected chi connectivity index (χ3v) is 3.44. The van der Waals surface area contributed by atoms with Crippen LogP contribution in [0.1, 0.15) is 36.7 Å². The van der Waals surface area contributed by atoms with Crippen LogP contribution < -0.4 is 4.74 Å². The second-order valence-corrected chi connectivity index (χ2v) is 4.96. The molecule has 19 heavy (non-hydrogen) atoms. The van der Waals surface area contributed by atoms with E-state index in [9.17, 15) is 9.90 Å². The SMILES string of the molecule is COc1ccnc(C(=O)N2CCCC2CC(C)O)c1. The number of aliphatic hydroxyl groups is 1. The lowest BCUT2D eigenvalue weighted by Crippen LogP contribution is -2.37. The summed E-state index contributed by atoms with van der Waals surface area (Å²) in [5.74, 6) is 0.548. The summed E-state index contributed by atoms with van der Waals surface area (Å²) in [6.07, 6.45) is 3.73. The molecule has 0 spiro atoms. The molecular weight excluding hydrogens is 244 g/mol. The maximum atomic E-state index is 12.4. The van der Waals surface area contributed by atoms with Crippen molar-refractivity contribution in [3.05, 3.63) is 24.0 Å². The van der Waals surface area contributed by atoms with Gasteiger partial charge in [-0.3, -0.25) is 9.78 Å². The second-order valence-electron chi connectivity index (χ2n) is 4.96. The molecule has 0 saturated carbocycles. The molecule has 5 heteroatoms. The van der Waals surface area contributed by atoms with E-state index < -0.39 is 6.10 Å². The standard InChI is InChI=1S/C14H20N2O3/c1-10(17)8-11-4-3-7-16(11)14(18)13-9-12(19-2)5-6-15-13/h5-6,9-11,17H,3-4,7-8H2,1-2H3. The molecular formula is C14H20N2O3. The van der Waals surface area contributed by atoms with Gasteiger partial charge in [0.25, 0.3) is 5.91 Å². The molecule has 2 atom stereocenters. The fourth-order valence-corrected chi connectivity index (χ4v) is 2.54. The quantitative estimate of drug-likeness (QED) is 0.894. The Morgan fingerprint density at radius 2 is 2.47 bits per heavy atom. The van der Waals surface area contributed by atoms with Crippen molar-refractivity contribution >= 4 is 5.91 Å². The van der Waals surface area contributed by atoms with E-state index in [0.29, 0.717) is 17.9 Å². The number of aromatic nitrogens is 1. The molecule has 1 aliphatic heterocycles. The zero-order valence-electron chi connectivity index (χ0n) is 11.4. The number of hydrogen-bond donors (Lipinski definition) is 1. The molecule has 0 aliphatic carbocycles. The molecule has 2 unspecified atom stereocenters. The Balaban J connectivity index is 2.13. The molecule has 1 N–H and O–H groups in total. The Hall–Kier alpha value is -1.62. The van der Waals surface area contributed by atoms with Crippen molar-refractivity contribution in [2.45, 2.75) is 38.3 Å². The van der Waals surface area contributed by atoms with Gasteiger partial charge in [0, 0.05) is 24.8 Å². The van der Waals surface area contributed by atoms with Gasteiger partial charge in [-0.25, -0.2) is 0 Å². The third kappa shape index (κ3) is 3.23. The minimum absolute atomic E-state index is 0.0814. The summed E-state index contributed by atoms with van der Waals surface area (Å²) in [5.41, 5.74) is 0.400. The van der Waals surface area contributed by atoms with Crippen LogP contribution in [-0.2, 0) is 0 Å². The molecule has 0 bridgehead atoms. The summed E-state index contributed by atoms with van der Waals surface area (Å²) in [5, 5.41) is 9.49. The summed E-state index contributed by atoms with van der Waals surface area (Å²) >= 11 is 0. The molecule has 1 fully saturated rings. The van der Waals surface area contributed by atoms with E-state index in [4.69, 9.17) is 4.74 Å². The Bertz CT molecular complexity index is 448. The molecule has 2 rings (SSSR count). The molecule has 1 amide bonds. The first-order chi connectivity index (χ1) is 9.11. The lowest BCUT2D eigenvalue weighted by atomic mass is 10.1. The van der Waals surface area contributed by atoms with E-state index in [2.05, 4.69) is 4.98 Å². The van der Waals surface area contributed by atoms with Crippen LogP contribution in [-0.4, -0.2) is 46.7 Å². The molecule has 1 aromatic heterocycles. The highest BCUT2D eigenvalue weighted by molar-refractivity contribution is 5.93. The van der Waals surface area contributed by atoms with Crippen LogP contribution in [0.25, 0.3) is 0 Å². The van der Waals surface area contributed by atoms with Gasteiger partial charge >= 0.3 is 0 Å². The molecule has 0 aromatic carbocycles. The first-order valence-corrected chi connectivity index (χ1v) is 6.61. The highest BCUT2D eigenvalue weighted by Gasteiger charge is 2.30. The van der Waals surface area contributed by atoms with Gasteiger partial charge in [-0.05, 0) is 32.3 Å². The topological polar surface area (TPSA) is 62.7 Å². The van der Waals surface area contributed by atoms with Gasteiger partial charge < -0.3 is 14.7 Å². The molecule has 2 heterocycles. The Morgan fingerprint density at radius 3 is 3.16 bits per heavy atom. The van der Waals surface area contributed by atoms with Crippen LogP contribution in [0.15, 0.2) is 18.3 Å². The lowest BCUT2D eigenvalue weighted by molar-refractivity contribution is 0.0676. The molecule has 104 valence electrons. The fourth-order valence-electron chi connectivity index (χ4n) is 2.54. The summed E-state index contributed by atoms with van der Waals surface area (Å²) in [7, 11) is 1.57. The zero-order chi connectivity index (χ0) is 13.8. The predicted molar refractivity (Wildman–Crippen MR) is 71.1 cm³/mol. The van der Waals surface area contributed by atoms with Gasteiger partial charge in [-0.15, -0.1) is 0 Å². The largest absolute Gasteiger partial charge is 0.497 e. The molecule has 1 aromatic rings. The predicted octanol–water partition coefficient (Wildman–Crippen LogP) is 1.47. The van der Waals surface area contributed by atoms with Crippen LogP contribution >= 0.6 is 0 Å². The molecule has 0 radical (unpaired) electrons. The third-order valence-electron chi connectivity index (χ3n) is 3.44. The number of ether oxygens (including phenoxy) is 1. The number of hydrogen-bond acceptors (Lipinski definition) is 4. The number of nitrogens with zero attached hydrogens (tertiary/aromatic N) is 2. The van der Waals surface area contributed by atoms with E-state index in [1.54, 1.807) is 32.4 Å². The summed E-state index contributed by atoms with van der Waals surface area (Å²) in [6.45, 7) is 2.49. The zero-order valence-corrected chi connectivity index (χ0v) is 11.4. The van der Waals surface area contributed by atoms with Crippen LogP contribution in [0.4, 0.5) is 0 Å². The van der Waals surface area contributed by atoms with Crippen molar-refractivity contribution in [1.82, 2.24) is 9.88 Å². The van der Waals surface area contributed by atoms with Crippen molar-refractivity contribution in [2.75, 3.05) is 13.7 Å². The normalized spacial score (nSPS) is 20.4. The van der Waals surface area contributed by atoms with Crippen LogP contribution in [0.2, 0.25) is 0 Å². The summed E-state index contributed by atoms with van der Waals surface area (Å²) in [4.78, 5) is 18.4.